The van der Waals surface area contributed by atoms with Gasteiger partial charge in [0, 0.05) is 17.5 Å². The highest BCUT2D eigenvalue weighted by Gasteiger charge is 2.32. The number of likely N-dealkylation sites (N-methyl/N-ethyl adjacent to an activating group) is 1. The summed E-state index contributed by atoms with van der Waals surface area (Å²) in [5.74, 6) is 0.695. The Kier molecular flexibility index (Phi) is 6.53. The van der Waals surface area contributed by atoms with Crippen molar-refractivity contribution in [3.05, 3.63) is 81.2 Å². The number of aromatic nitrogens is 1. The zero-order valence-electron chi connectivity index (χ0n) is 17.7. The number of thiazole rings is 1. The van der Waals surface area contributed by atoms with Crippen LogP contribution >= 0.6 is 23.1 Å². The van der Waals surface area contributed by atoms with Crippen LogP contribution in [-0.2, 0) is 11.4 Å². The summed E-state index contributed by atoms with van der Waals surface area (Å²) >= 11 is 2.85. The lowest BCUT2D eigenvalue weighted by atomic mass is 10.1. The summed E-state index contributed by atoms with van der Waals surface area (Å²) in [6.07, 6.45) is 1.88. The number of carbonyl (C=O) groups is 1. The number of amidine groups is 1. The van der Waals surface area contributed by atoms with Crippen LogP contribution in [0.3, 0.4) is 0 Å². The van der Waals surface area contributed by atoms with Crippen LogP contribution < -0.4 is 4.74 Å². The van der Waals surface area contributed by atoms with Crippen molar-refractivity contribution in [2.24, 2.45) is 4.99 Å². The topological polar surface area (TPSA) is 54.8 Å². The third-order valence-corrected chi connectivity index (χ3v) is 6.58. The van der Waals surface area contributed by atoms with Gasteiger partial charge < -0.3 is 4.74 Å². The van der Waals surface area contributed by atoms with Gasteiger partial charge in [-0.1, -0.05) is 48.0 Å². The maximum absolute atomic E-state index is 13.0. The first-order valence-corrected chi connectivity index (χ1v) is 11.7. The Bertz CT molecular complexity index is 1150. The molecule has 31 heavy (non-hydrogen) atoms. The average Bonchev–Trinajstić information content (AvgIpc) is 3.31. The van der Waals surface area contributed by atoms with Crippen molar-refractivity contribution in [3.8, 4) is 5.75 Å². The fourth-order valence-electron chi connectivity index (χ4n) is 3.06. The Balaban J connectivity index is 1.57. The van der Waals surface area contributed by atoms with Crippen molar-refractivity contribution in [1.82, 2.24) is 9.88 Å². The second-order valence-electron chi connectivity index (χ2n) is 7.14. The van der Waals surface area contributed by atoms with Crippen molar-refractivity contribution in [3.63, 3.8) is 0 Å². The Morgan fingerprint density at radius 2 is 1.90 bits per heavy atom. The molecule has 1 saturated heterocycles. The van der Waals surface area contributed by atoms with Crippen molar-refractivity contribution < 1.29 is 9.53 Å². The van der Waals surface area contributed by atoms with E-state index in [0.717, 1.165) is 22.6 Å². The van der Waals surface area contributed by atoms with Crippen LogP contribution in [0.1, 0.15) is 29.3 Å². The first kappa shape index (κ1) is 21.3. The van der Waals surface area contributed by atoms with E-state index in [1.807, 2.05) is 49.6 Å². The molecule has 1 aliphatic heterocycles. The predicted octanol–water partition coefficient (Wildman–Crippen LogP) is 5.96. The maximum atomic E-state index is 13.0. The number of aryl methyl sites for hydroxylation is 2. The molecule has 1 aromatic heterocycles. The molecule has 0 radical (unpaired) electrons. The molecule has 1 fully saturated rings. The molecule has 1 amide bonds. The maximum Gasteiger partial charge on any atom is 0.266 e. The lowest BCUT2D eigenvalue weighted by Crippen LogP contribution is -2.28. The van der Waals surface area contributed by atoms with Gasteiger partial charge in [-0.15, -0.1) is 11.3 Å². The van der Waals surface area contributed by atoms with Gasteiger partial charge in [0.1, 0.15) is 12.4 Å². The van der Waals surface area contributed by atoms with E-state index in [1.165, 1.54) is 28.7 Å². The molecule has 0 saturated carbocycles. The number of carbonyl (C=O) groups excluding carboxylic acids is 1. The molecule has 2 heterocycles. The highest BCUT2D eigenvalue weighted by atomic mass is 32.2. The number of para-hydroxylation sites is 1. The molecule has 0 aliphatic carbocycles. The molecule has 5 nitrogen and oxygen atoms in total. The van der Waals surface area contributed by atoms with E-state index in [4.69, 9.17) is 4.74 Å². The minimum Gasteiger partial charge on any atom is -0.488 e. The molecule has 2 aromatic carbocycles. The number of aliphatic imine (C=N–C) groups is 1. The van der Waals surface area contributed by atoms with Crippen LogP contribution in [0.15, 0.2) is 63.8 Å². The van der Waals surface area contributed by atoms with Gasteiger partial charge in [-0.2, -0.15) is 4.99 Å². The normalized spacial score (nSPS) is 16.5. The monoisotopic (exact) mass is 449 g/mol. The van der Waals surface area contributed by atoms with E-state index in [9.17, 15) is 4.79 Å². The Morgan fingerprint density at radius 1 is 1.13 bits per heavy atom. The van der Waals surface area contributed by atoms with Gasteiger partial charge in [0.2, 0.25) is 5.13 Å². The number of ether oxygens (including phenoxy) is 1. The Morgan fingerprint density at radius 3 is 2.61 bits per heavy atom. The molecular weight excluding hydrogens is 426 g/mol. The molecule has 0 atom stereocenters. The molecule has 0 bridgehead atoms. The second kappa shape index (κ2) is 9.49. The zero-order chi connectivity index (χ0) is 21.8. The van der Waals surface area contributed by atoms with Gasteiger partial charge in [0.25, 0.3) is 5.91 Å². The lowest BCUT2D eigenvalue weighted by Gasteiger charge is -2.11. The third kappa shape index (κ3) is 5.06. The lowest BCUT2D eigenvalue weighted by molar-refractivity contribution is -0.122. The van der Waals surface area contributed by atoms with Gasteiger partial charge >= 0.3 is 0 Å². The van der Waals surface area contributed by atoms with Crippen LogP contribution in [0, 0.1) is 13.8 Å². The quantitative estimate of drug-likeness (QED) is 0.436. The van der Waals surface area contributed by atoms with Gasteiger partial charge in [-0.25, -0.2) is 4.98 Å². The van der Waals surface area contributed by atoms with E-state index in [1.54, 1.807) is 4.90 Å². The Labute approximate surface area is 190 Å². The van der Waals surface area contributed by atoms with E-state index in [2.05, 4.69) is 41.2 Å². The van der Waals surface area contributed by atoms with Crippen molar-refractivity contribution in [2.45, 2.75) is 27.4 Å². The van der Waals surface area contributed by atoms with E-state index < -0.39 is 0 Å². The Hall–Kier alpha value is -2.90. The molecule has 158 valence electrons. The van der Waals surface area contributed by atoms with Crippen molar-refractivity contribution in [1.29, 1.82) is 0 Å². The van der Waals surface area contributed by atoms with Crippen molar-refractivity contribution >= 4 is 45.4 Å². The number of nitrogens with zero attached hydrogens (tertiary/aromatic N) is 3. The summed E-state index contributed by atoms with van der Waals surface area (Å²) in [7, 11) is 0. The zero-order valence-corrected chi connectivity index (χ0v) is 19.3. The third-order valence-electron chi connectivity index (χ3n) is 4.72. The van der Waals surface area contributed by atoms with Crippen LogP contribution in [0.4, 0.5) is 5.13 Å². The number of amides is 1. The first-order chi connectivity index (χ1) is 15.0. The fourth-order valence-corrected chi connectivity index (χ4v) is 4.82. The molecule has 1 aliphatic rings. The van der Waals surface area contributed by atoms with Crippen molar-refractivity contribution in [2.75, 3.05) is 6.54 Å². The predicted molar refractivity (Wildman–Crippen MR) is 129 cm³/mol. The van der Waals surface area contributed by atoms with Gasteiger partial charge in [0.05, 0.1) is 10.6 Å². The number of hydrogen-bond acceptors (Lipinski definition) is 6. The highest BCUT2D eigenvalue weighted by molar-refractivity contribution is 8.18. The number of benzene rings is 2. The van der Waals surface area contributed by atoms with E-state index in [0.29, 0.717) is 28.4 Å². The summed E-state index contributed by atoms with van der Waals surface area (Å²) in [6, 6.07) is 16.0. The minimum absolute atomic E-state index is 0.0483. The van der Waals surface area contributed by atoms with E-state index >= 15 is 0 Å². The van der Waals surface area contributed by atoms with Crippen LogP contribution in [0.2, 0.25) is 0 Å². The molecule has 4 rings (SSSR count). The summed E-state index contributed by atoms with van der Waals surface area (Å²) < 4.78 is 6.07. The number of thioether (sulfide) groups is 1. The summed E-state index contributed by atoms with van der Waals surface area (Å²) in [4.78, 5) is 24.3. The molecule has 0 spiro atoms. The summed E-state index contributed by atoms with van der Waals surface area (Å²) in [6.45, 7) is 6.97. The standard InChI is InChI=1S/C24H23N3O2S2/c1-4-27-22(28)21(31-24(27)26-23-25-17(3)15-30-23)13-19-7-5-6-8-20(19)29-14-18-11-9-16(2)10-12-18/h5-13,15H,4,14H2,1-3H3/b21-13-,26-24+. The van der Waals surface area contributed by atoms with Gasteiger partial charge in [-0.3, -0.25) is 9.69 Å². The van der Waals surface area contributed by atoms with Gasteiger partial charge in [0.15, 0.2) is 5.17 Å². The summed E-state index contributed by atoms with van der Waals surface area (Å²) in [5, 5.41) is 3.27. The smallest absolute Gasteiger partial charge is 0.266 e. The molecule has 0 N–H and O–H groups in total. The highest BCUT2D eigenvalue weighted by Crippen LogP contribution is 2.36. The van der Waals surface area contributed by atoms with Crippen LogP contribution in [0.25, 0.3) is 6.08 Å². The molecule has 3 aromatic rings. The van der Waals surface area contributed by atoms with Gasteiger partial charge in [-0.05, 0) is 50.2 Å². The van der Waals surface area contributed by atoms with Crippen LogP contribution in [0.5, 0.6) is 5.75 Å². The fraction of sp³-hybridized carbons (Fsp3) is 0.208. The molecule has 0 unspecified atom stereocenters. The summed E-state index contributed by atoms with van der Waals surface area (Å²) in [5.41, 5.74) is 4.12. The molecular formula is C24H23N3O2S2. The van der Waals surface area contributed by atoms with Crippen LogP contribution in [-0.4, -0.2) is 27.5 Å². The first-order valence-electron chi connectivity index (χ1n) is 10.0. The second-order valence-corrected chi connectivity index (χ2v) is 8.98. The number of hydrogen-bond donors (Lipinski definition) is 0. The van der Waals surface area contributed by atoms with E-state index in [-0.39, 0.29) is 5.91 Å². The molecule has 7 heteroatoms. The largest absolute Gasteiger partial charge is 0.488 e. The average molecular weight is 450 g/mol. The minimum atomic E-state index is -0.0483. The number of rotatable bonds is 6. The SMILES string of the molecule is CCN1C(=O)/C(=C/c2ccccc2OCc2ccc(C)cc2)S/C1=N/c1nc(C)cs1.